The van der Waals surface area contributed by atoms with Crippen molar-refractivity contribution < 1.29 is 4.74 Å². The van der Waals surface area contributed by atoms with Crippen LogP contribution in [0, 0.1) is 0 Å². The van der Waals surface area contributed by atoms with Crippen LogP contribution in [0.4, 0.5) is 5.69 Å². The first-order chi connectivity index (χ1) is 12.3. The summed E-state index contributed by atoms with van der Waals surface area (Å²) in [7, 11) is 0. The molecule has 0 bridgehead atoms. The van der Waals surface area contributed by atoms with Crippen molar-refractivity contribution in [2.75, 3.05) is 18.5 Å². The molecule has 1 heterocycles. The Bertz CT molecular complexity index is 860. The summed E-state index contributed by atoms with van der Waals surface area (Å²) in [6.45, 7) is 5.81. The number of hydrogen-bond acceptors (Lipinski definition) is 2. The standard InChI is InChI=1S/C22H26N2O/c1-3-23-18-11-8-16(9-12-18)21-14-17-10-13-20(25-4-2)15-22(17)24(21)19-6-5-7-19/h8-15,19,23H,3-7H2,1-2H3. The summed E-state index contributed by atoms with van der Waals surface area (Å²) < 4.78 is 8.27. The molecule has 1 aliphatic rings. The van der Waals surface area contributed by atoms with E-state index in [1.165, 1.54) is 47.1 Å². The van der Waals surface area contributed by atoms with Gasteiger partial charge in [0.1, 0.15) is 5.75 Å². The number of nitrogens with one attached hydrogen (secondary N) is 1. The highest BCUT2D eigenvalue weighted by Gasteiger charge is 2.24. The van der Waals surface area contributed by atoms with Gasteiger partial charge in [-0.25, -0.2) is 0 Å². The molecule has 1 aromatic heterocycles. The van der Waals surface area contributed by atoms with Crippen LogP contribution < -0.4 is 10.1 Å². The minimum atomic E-state index is 0.609. The van der Waals surface area contributed by atoms with Gasteiger partial charge in [-0.3, -0.25) is 0 Å². The highest BCUT2D eigenvalue weighted by atomic mass is 16.5. The van der Waals surface area contributed by atoms with Gasteiger partial charge in [0.15, 0.2) is 0 Å². The average Bonchev–Trinajstić information content (AvgIpc) is 2.94. The van der Waals surface area contributed by atoms with Crippen LogP contribution >= 0.6 is 0 Å². The molecular weight excluding hydrogens is 308 g/mol. The molecule has 3 heteroatoms. The van der Waals surface area contributed by atoms with Crippen molar-refractivity contribution in [2.45, 2.75) is 39.2 Å². The zero-order valence-corrected chi connectivity index (χ0v) is 15.1. The first-order valence-electron chi connectivity index (χ1n) is 9.42. The number of aromatic nitrogens is 1. The zero-order chi connectivity index (χ0) is 17.2. The molecular formula is C22H26N2O. The van der Waals surface area contributed by atoms with Crippen molar-refractivity contribution >= 4 is 16.6 Å². The molecule has 0 spiro atoms. The van der Waals surface area contributed by atoms with Crippen LogP contribution in [-0.4, -0.2) is 17.7 Å². The summed E-state index contributed by atoms with van der Waals surface area (Å²) in [5, 5.41) is 4.66. The van der Waals surface area contributed by atoms with E-state index >= 15 is 0 Å². The Morgan fingerprint density at radius 3 is 2.48 bits per heavy atom. The van der Waals surface area contributed by atoms with Gasteiger partial charge >= 0.3 is 0 Å². The fraction of sp³-hybridized carbons (Fsp3) is 0.364. The summed E-state index contributed by atoms with van der Waals surface area (Å²) in [5.74, 6) is 0.961. The number of nitrogens with zero attached hydrogens (tertiary/aromatic N) is 1. The largest absolute Gasteiger partial charge is 0.494 e. The second-order valence-electron chi connectivity index (χ2n) is 6.75. The smallest absolute Gasteiger partial charge is 0.121 e. The molecule has 130 valence electrons. The van der Waals surface area contributed by atoms with Crippen LogP contribution in [0.5, 0.6) is 5.75 Å². The molecule has 0 amide bonds. The van der Waals surface area contributed by atoms with E-state index in [4.69, 9.17) is 4.74 Å². The van der Waals surface area contributed by atoms with E-state index in [1.54, 1.807) is 0 Å². The maximum Gasteiger partial charge on any atom is 0.121 e. The third kappa shape index (κ3) is 2.99. The van der Waals surface area contributed by atoms with Gasteiger partial charge in [-0.15, -0.1) is 0 Å². The van der Waals surface area contributed by atoms with Gasteiger partial charge in [0.05, 0.1) is 12.1 Å². The molecule has 0 atom stereocenters. The quantitative estimate of drug-likeness (QED) is 0.610. The zero-order valence-electron chi connectivity index (χ0n) is 15.1. The minimum absolute atomic E-state index is 0.609. The van der Waals surface area contributed by atoms with E-state index in [1.807, 2.05) is 6.92 Å². The van der Waals surface area contributed by atoms with Gasteiger partial charge in [-0.1, -0.05) is 12.1 Å². The van der Waals surface area contributed by atoms with E-state index in [0.717, 1.165) is 12.3 Å². The molecule has 1 fully saturated rings. The lowest BCUT2D eigenvalue weighted by atomic mass is 9.92. The van der Waals surface area contributed by atoms with Crippen molar-refractivity contribution in [3.63, 3.8) is 0 Å². The van der Waals surface area contributed by atoms with Gasteiger partial charge in [0.2, 0.25) is 0 Å². The first kappa shape index (κ1) is 16.1. The summed E-state index contributed by atoms with van der Waals surface area (Å²) in [4.78, 5) is 0. The molecule has 4 rings (SSSR count). The number of hydrogen-bond donors (Lipinski definition) is 1. The second kappa shape index (κ2) is 6.83. The first-order valence-corrected chi connectivity index (χ1v) is 9.42. The summed E-state index contributed by atoms with van der Waals surface area (Å²) in [6.07, 6.45) is 3.87. The average molecular weight is 334 g/mol. The van der Waals surface area contributed by atoms with Crippen LogP contribution in [-0.2, 0) is 0 Å². The van der Waals surface area contributed by atoms with Gasteiger partial charge in [0, 0.05) is 35.4 Å². The van der Waals surface area contributed by atoms with Gasteiger partial charge < -0.3 is 14.6 Å². The Kier molecular flexibility index (Phi) is 4.39. The molecule has 0 unspecified atom stereocenters. The SMILES string of the molecule is CCNc1ccc(-c2cc3ccc(OCC)cc3n2C2CCC2)cc1. The Hall–Kier alpha value is -2.42. The van der Waals surface area contributed by atoms with Gasteiger partial charge in [-0.2, -0.15) is 0 Å². The predicted molar refractivity (Wildman–Crippen MR) is 106 cm³/mol. The molecule has 1 aliphatic carbocycles. The highest BCUT2D eigenvalue weighted by molar-refractivity contribution is 5.88. The molecule has 25 heavy (non-hydrogen) atoms. The Labute approximate surface area is 149 Å². The number of benzene rings is 2. The summed E-state index contributed by atoms with van der Waals surface area (Å²) in [5.41, 5.74) is 5.07. The number of anilines is 1. The van der Waals surface area contributed by atoms with E-state index in [-0.39, 0.29) is 0 Å². The molecule has 1 saturated carbocycles. The summed E-state index contributed by atoms with van der Waals surface area (Å²) >= 11 is 0. The van der Waals surface area contributed by atoms with Crippen LogP contribution in [0.1, 0.15) is 39.2 Å². The Morgan fingerprint density at radius 1 is 1.04 bits per heavy atom. The molecule has 0 aliphatic heterocycles. The van der Waals surface area contributed by atoms with Crippen LogP contribution in [0.3, 0.4) is 0 Å². The molecule has 0 saturated heterocycles. The van der Waals surface area contributed by atoms with Crippen molar-refractivity contribution in [2.24, 2.45) is 0 Å². The topological polar surface area (TPSA) is 26.2 Å². The Balaban J connectivity index is 1.81. The van der Waals surface area contributed by atoms with Crippen LogP contribution in [0.25, 0.3) is 22.2 Å². The number of ether oxygens (including phenoxy) is 1. The van der Waals surface area contributed by atoms with Gasteiger partial charge in [-0.05, 0) is 69.0 Å². The highest BCUT2D eigenvalue weighted by Crippen LogP contribution is 2.41. The van der Waals surface area contributed by atoms with E-state index < -0.39 is 0 Å². The van der Waals surface area contributed by atoms with E-state index in [0.29, 0.717) is 12.6 Å². The Morgan fingerprint density at radius 2 is 1.84 bits per heavy atom. The molecule has 0 radical (unpaired) electrons. The molecule has 3 aromatic rings. The molecule has 3 nitrogen and oxygen atoms in total. The lowest BCUT2D eigenvalue weighted by Crippen LogP contribution is -2.17. The molecule has 1 N–H and O–H groups in total. The van der Waals surface area contributed by atoms with Crippen LogP contribution in [0.15, 0.2) is 48.5 Å². The lowest BCUT2D eigenvalue weighted by Gasteiger charge is -2.30. The van der Waals surface area contributed by atoms with Crippen molar-refractivity contribution in [3.8, 4) is 17.0 Å². The van der Waals surface area contributed by atoms with Crippen LogP contribution in [0.2, 0.25) is 0 Å². The lowest BCUT2D eigenvalue weighted by molar-refractivity contribution is 0.323. The minimum Gasteiger partial charge on any atom is -0.494 e. The third-order valence-corrected chi connectivity index (χ3v) is 5.13. The van der Waals surface area contributed by atoms with E-state index in [9.17, 15) is 0 Å². The maximum atomic E-state index is 5.74. The summed E-state index contributed by atoms with van der Waals surface area (Å²) in [6, 6.07) is 18.2. The third-order valence-electron chi connectivity index (χ3n) is 5.13. The monoisotopic (exact) mass is 334 g/mol. The normalized spacial score (nSPS) is 14.5. The maximum absolute atomic E-state index is 5.74. The fourth-order valence-corrected chi connectivity index (χ4v) is 3.68. The van der Waals surface area contributed by atoms with E-state index in [2.05, 4.69) is 65.3 Å². The predicted octanol–water partition coefficient (Wildman–Crippen LogP) is 5.86. The van der Waals surface area contributed by atoms with Gasteiger partial charge in [0.25, 0.3) is 0 Å². The van der Waals surface area contributed by atoms with Crippen molar-refractivity contribution in [1.82, 2.24) is 4.57 Å². The number of fused-ring (bicyclic) bond motifs is 1. The second-order valence-corrected chi connectivity index (χ2v) is 6.75. The van der Waals surface area contributed by atoms with Crippen molar-refractivity contribution in [3.05, 3.63) is 48.5 Å². The van der Waals surface area contributed by atoms with Crippen molar-refractivity contribution in [1.29, 1.82) is 0 Å². The molecule has 2 aromatic carbocycles. The number of rotatable bonds is 6. The fourth-order valence-electron chi connectivity index (χ4n) is 3.68.